The van der Waals surface area contributed by atoms with E-state index in [0.29, 0.717) is 11.3 Å². The van der Waals surface area contributed by atoms with Gasteiger partial charge in [0, 0.05) is 29.1 Å². The summed E-state index contributed by atoms with van der Waals surface area (Å²) in [4.78, 5) is 26.8. The minimum atomic E-state index is -0.202. The molecule has 1 aromatic carbocycles. The van der Waals surface area contributed by atoms with Gasteiger partial charge >= 0.3 is 0 Å². The second-order valence-corrected chi connectivity index (χ2v) is 6.93. The molecule has 0 aliphatic carbocycles. The molecule has 0 aliphatic heterocycles. The van der Waals surface area contributed by atoms with Crippen molar-refractivity contribution in [3.63, 3.8) is 0 Å². The summed E-state index contributed by atoms with van der Waals surface area (Å²) in [7, 11) is 3.33. The standard InChI is InChI=1S/C18H18N2O3S/c1-11-16(13-6-4-5-7-15(13)24-11)17(21)19-10-12-8-9-14(23-12)18(22)20(2)3/h4-9H,10H2,1-3H3,(H,19,21). The first-order valence-corrected chi connectivity index (χ1v) is 8.35. The molecule has 0 fully saturated rings. The lowest BCUT2D eigenvalue weighted by molar-refractivity contribution is 0.0794. The Hall–Kier alpha value is -2.60. The average molecular weight is 342 g/mol. The van der Waals surface area contributed by atoms with Crippen molar-refractivity contribution in [3.05, 3.63) is 58.4 Å². The zero-order chi connectivity index (χ0) is 17.3. The summed E-state index contributed by atoms with van der Waals surface area (Å²) >= 11 is 1.61. The van der Waals surface area contributed by atoms with Gasteiger partial charge in [-0.25, -0.2) is 0 Å². The third-order valence-corrected chi connectivity index (χ3v) is 4.79. The van der Waals surface area contributed by atoms with Crippen LogP contribution in [-0.4, -0.2) is 30.8 Å². The van der Waals surface area contributed by atoms with Gasteiger partial charge in [-0.15, -0.1) is 11.3 Å². The number of carbonyl (C=O) groups is 2. The van der Waals surface area contributed by atoms with Crippen molar-refractivity contribution in [2.75, 3.05) is 14.1 Å². The molecular formula is C18H18N2O3S. The maximum atomic E-state index is 12.5. The number of hydrogen-bond donors (Lipinski definition) is 1. The molecule has 1 N–H and O–H groups in total. The average Bonchev–Trinajstić information content (AvgIpc) is 3.15. The van der Waals surface area contributed by atoms with Crippen LogP contribution in [-0.2, 0) is 6.54 Å². The molecule has 5 nitrogen and oxygen atoms in total. The van der Waals surface area contributed by atoms with E-state index in [2.05, 4.69) is 5.32 Å². The summed E-state index contributed by atoms with van der Waals surface area (Å²) in [5.41, 5.74) is 0.701. The summed E-state index contributed by atoms with van der Waals surface area (Å²) in [5.74, 6) is 0.473. The predicted molar refractivity (Wildman–Crippen MR) is 94.5 cm³/mol. The Balaban J connectivity index is 1.74. The summed E-state index contributed by atoms with van der Waals surface area (Å²) in [6, 6.07) is 11.2. The molecule has 0 saturated carbocycles. The van der Waals surface area contributed by atoms with Crippen LogP contribution >= 0.6 is 11.3 Å². The van der Waals surface area contributed by atoms with Gasteiger partial charge in [-0.1, -0.05) is 18.2 Å². The fourth-order valence-corrected chi connectivity index (χ4v) is 3.58. The lowest BCUT2D eigenvalue weighted by Gasteiger charge is -2.07. The van der Waals surface area contributed by atoms with E-state index in [9.17, 15) is 9.59 Å². The van der Waals surface area contributed by atoms with Crippen molar-refractivity contribution < 1.29 is 14.0 Å². The lowest BCUT2D eigenvalue weighted by atomic mass is 10.1. The number of rotatable bonds is 4. The highest BCUT2D eigenvalue weighted by molar-refractivity contribution is 7.19. The van der Waals surface area contributed by atoms with Gasteiger partial charge in [0.1, 0.15) is 5.76 Å². The van der Waals surface area contributed by atoms with Crippen LogP contribution in [0.4, 0.5) is 0 Å². The van der Waals surface area contributed by atoms with E-state index in [4.69, 9.17) is 4.42 Å². The van der Waals surface area contributed by atoms with Crippen LogP contribution in [0.5, 0.6) is 0 Å². The van der Waals surface area contributed by atoms with E-state index in [-0.39, 0.29) is 24.1 Å². The van der Waals surface area contributed by atoms with Crippen LogP contribution in [0.3, 0.4) is 0 Å². The normalized spacial score (nSPS) is 10.8. The fourth-order valence-electron chi connectivity index (χ4n) is 2.51. The molecule has 0 atom stereocenters. The number of nitrogens with zero attached hydrogens (tertiary/aromatic N) is 1. The number of thiophene rings is 1. The van der Waals surface area contributed by atoms with E-state index in [0.717, 1.165) is 15.0 Å². The van der Waals surface area contributed by atoms with Crippen LogP contribution in [0.2, 0.25) is 0 Å². The Kier molecular flexibility index (Phi) is 4.40. The number of aryl methyl sites for hydroxylation is 1. The van der Waals surface area contributed by atoms with Crippen molar-refractivity contribution in [2.24, 2.45) is 0 Å². The first kappa shape index (κ1) is 16.3. The van der Waals surface area contributed by atoms with Crippen LogP contribution in [0.15, 0.2) is 40.8 Å². The van der Waals surface area contributed by atoms with Gasteiger partial charge in [0.2, 0.25) is 0 Å². The van der Waals surface area contributed by atoms with Crippen LogP contribution in [0, 0.1) is 6.92 Å². The molecule has 2 aromatic heterocycles. The molecule has 0 spiro atoms. The first-order chi connectivity index (χ1) is 11.5. The highest BCUT2D eigenvalue weighted by Crippen LogP contribution is 2.30. The van der Waals surface area contributed by atoms with Crippen LogP contribution < -0.4 is 5.32 Å². The number of fused-ring (bicyclic) bond motifs is 1. The van der Waals surface area contributed by atoms with Gasteiger partial charge in [-0.05, 0) is 25.1 Å². The zero-order valence-corrected chi connectivity index (χ0v) is 14.6. The highest BCUT2D eigenvalue weighted by Gasteiger charge is 2.17. The lowest BCUT2D eigenvalue weighted by Crippen LogP contribution is -2.23. The quantitative estimate of drug-likeness (QED) is 0.790. The predicted octanol–water partition coefficient (Wildman–Crippen LogP) is 3.43. The van der Waals surface area contributed by atoms with Crippen molar-refractivity contribution in [2.45, 2.75) is 13.5 Å². The van der Waals surface area contributed by atoms with Gasteiger partial charge in [0.15, 0.2) is 5.76 Å². The van der Waals surface area contributed by atoms with E-state index >= 15 is 0 Å². The molecule has 2 amide bonds. The van der Waals surface area contributed by atoms with Crippen LogP contribution in [0.1, 0.15) is 31.6 Å². The highest BCUT2D eigenvalue weighted by atomic mass is 32.1. The van der Waals surface area contributed by atoms with Crippen molar-refractivity contribution in [1.82, 2.24) is 10.2 Å². The minimum absolute atomic E-state index is 0.137. The Morgan fingerprint density at radius 3 is 2.67 bits per heavy atom. The number of benzene rings is 1. The molecule has 24 heavy (non-hydrogen) atoms. The Morgan fingerprint density at radius 2 is 1.92 bits per heavy atom. The molecule has 2 heterocycles. The topological polar surface area (TPSA) is 62.6 Å². The number of furan rings is 1. The van der Waals surface area contributed by atoms with E-state index in [1.165, 1.54) is 4.90 Å². The minimum Gasteiger partial charge on any atom is -0.454 e. The molecule has 0 radical (unpaired) electrons. The van der Waals surface area contributed by atoms with Crippen molar-refractivity contribution >= 4 is 33.2 Å². The van der Waals surface area contributed by atoms with Gasteiger partial charge in [-0.2, -0.15) is 0 Å². The molecule has 3 aromatic rings. The third-order valence-electron chi connectivity index (χ3n) is 3.70. The monoisotopic (exact) mass is 342 g/mol. The fraction of sp³-hybridized carbons (Fsp3) is 0.222. The largest absolute Gasteiger partial charge is 0.454 e. The molecular weight excluding hydrogens is 324 g/mol. The van der Waals surface area contributed by atoms with Crippen molar-refractivity contribution in [3.8, 4) is 0 Å². The maximum Gasteiger partial charge on any atom is 0.289 e. The summed E-state index contributed by atoms with van der Waals surface area (Å²) in [6.45, 7) is 2.18. The molecule has 6 heteroatoms. The molecule has 0 unspecified atom stereocenters. The van der Waals surface area contributed by atoms with E-state index in [1.54, 1.807) is 37.6 Å². The number of hydrogen-bond acceptors (Lipinski definition) is 4. The van der Waals surface area contributed by atoms with Crippen molar-refractivity contribution in [1.29, 1.82) is 0 Å². The summed E-state index contributed by atoms with van der Waals surface area (Å²) in [5, 5.41) is 3.82. The molecule has 0 bridgehead atoms. The number of amides is 2. The SMILES string of the molecule is Cc1sc2ccccc2c1C(=O)NCc1ccc(C(=O)N(C)C)o1. The molecule has 0 aliphatic rings. The Morgan fingerprint density at radius 1 is 1.17 bits per heavy atom. The van der Waals surface area contributed by atoms with E-state index in [1.807, 2.05) is 31.2 Å². The van der Waals surface area contributed by atoms with Gasteiger partial charge in [0.25, 0.3) is 11.8 Å². The first-order valence-electron chi connectivity index (χ1n) is 7.54. The Labute approximate surface area is 143 Å². The maximum absolute atomic E-state index is 12.5. The third kappa shape index (κ3) is 3.05. The summed E-state index contributed by atoms with van der Waals surface area (Å²) < 4.78 is 6.58. The molecule has 0 saturated heterocycles. The number of nitrogens with one attached hydrogen (secondary N) is 1. The Bertz CT molecular complexity index is 908. The van der Waals surface area contributed by atoms with Gasteiger partial charge in [-0.3, -0.25) is 9.59 Å². The number of carbonyl (C=O) groups excluding carboxylic acids is 2. The van der Waals surface area contributed by atoms with Gasteiger partial charge in [0.05, 0.1) is 12.1 Å². The smallest absolute Gasteiger partial charge is 0.289 e. The van der Waals surface area contributed by atoms with E-state index < -0.39 is 0 Å². The van der Waals surface area contributed by atoms with Crippen LogP contribution in [0.25, 0.3) is 10.1 Å². The second-order valence-electron chi connectivity index (χ2n) is 5.68. The molecule has 124 valence electrons. The van der Waals surface area contributed by atoms with Gasteiger partial charge < -0.3 is 14.6 Å². The summed E-state index contributed by atoms with van der Waals surface area (Å²) in [6.07, 6.45) is 0. The zero-order valence-electron chi connectivity index (χ0n) is 13.8. The molecule has 3 rings (SSSR count). The second kappa shape index (κ2) is 6.49.